The van der Waals surface area contributed by atoms with Crippen LogP contribution in [-0.4, -0.2) is 47.8 Å². The average Bonchev–Trinajstić information content (AvgIpc) is 2.71. The molecule has 0 saturated carbocycles. The van der Waals surface area contributed by atoms with Gasteiger partial charge in [-0.15, -0.1) is 12.4 Å². The van der Waals surface area contributed by atoms with E-state index < -0.39 is 6.09 Å². The lowest BCUT2D eigenvalue weighted by Crippen LogP contribution is -2.35. The minimum Gasteiger partial charge on any atom is -0.452 e. The summed E-state index contributed by atoms with van der Waals surface area (Å²) in [6.07, 6.45) is 4.26. The molecule has 1 amide bonds. The van der Waals surface area contributed by atoms with Crippen LogP contribution in [0.1, 0.15) is 17.8 Å². The number of ether oxygens (including phenoxy) is 1. The molecule has 3 heterocycles. The Bertz CT molecular complexity index is 886. The predicted molar refractivity (Wildman–Crippen MR) is 107 cm³/mol. The third kappa shape index (κ3) is 4.57. The first-order valence-corrected chi connectivity index (χ1v) is 8.48. The maximum Gasteiger partial charge on any atom is 0.414 e. The van der Waals surface area contributed by atoms with Crippen LogP contribution in [0.2, 0.25) is 0 Å². The lowest BCUT2D eigenvalue weighted by molar-refractivity contribution is 0.178. The maximum atomic E-state index is 11.9. The van der Waals surface area contributed by atoms with Crippen molar-refractivity contribution in [3.63, 3.8) is 0 Å². The van der Waals surface area contributed by atoms with E-state index in [0.717, 1.165) is 18.5 Å². The summed E-state index contributed by atoms with van der Waals surface area (Å²) in [6.45, 7) is 1.54. The number of nitrogens with one attached hydrogen (secondary N) is 2. The van der Waals surface area contributed by atoms with Crippen molar-refractivity contribution in [3.8, 4) is 6.07 Å². The second-order valence-electron chi connectivity index (χ2n) is 5.82. The number of anilines is 4. The van der Waals surface area contributed by atoms with E-state index in [4.69, 9.17) is 15.7 Å². The first-order chi connectivity index (χ1) is 13.2. The van der Waals surface area contributed by atoms with Crippen LogP contribution >= 0.6 is 12.4 Å². The summed E-state index contributed by atoms with van der Waals surface area (Å²) >= 11 is 0. The topological polar surface area (TPSA) is 142 Å². The maximum absolute atomic E-state index is 11.9. The molecule has 148 valence electrons. The number of aromatic nitrogens is 3. The largest absolute Gasteiger partial charge is 0.452 e. The summed E-state index contributed by atoms with van der Waals surface area (Å²) in [6, 6.07) is 3.79. The fraction of sp³-hybridized carbons (Fsp3) is 0.353. The number of pyridine rings is 1. The molecule has 0 spiro atoms. The Morgan fingerprint density at radius 1 is 1.43 bits per heavy atom. The van der Waals surface area contributed by atoms with Gasteiger partial charge in [-0.1, -0.05) is 0 Å². The standard InChI is InChI=1S/C17H20N8O2.ClH/c1-27-17(26)25-6-2-3-12-15(25)10-22-16(24-12)23-11-7-13(20-5-4-18)14(8-19)21-9-11;/h7,9-10,20H,2-6,18H2,1H3,(H,22,23,24);1H. The van der Waals surface area contributed by atoms with E-state index in [1.807, 2.05) is 6.07 Å². The highest BCUT2D eigenvalue weighted by Gasteiger charge is 2.25. The number of hydrogen-bond acceptors (Lipinski definition) is 9. The van der Waals surface area contributed by atoms with Crippen molar-refractivity contribution in [1.82, 2.24) is 15.0 Å². The number of nitrogens with zero attached hydrogens (tertiary/aromatic N) is 5. The van der Waals surface area contributed by atoms with Crippen LogP contribution in [0.15, 0.2) is 18.5 Å². The molecule has 0 radical (unpaired) electrons. The van der Waals surface area contributed by atoms with E-state index in [-0.39, 0.29) is 18.1 Å². The summed E-state index contributed by atoms with van der Waals surface area (Å²) in [4.78, 5) is 26.3. The molecule has 3 rings (SSSR count). The van der Waals surface area contributed by atoms with Crippen LogP contribution < -0.4 is 21.3 Å². The number of halogens is 1. The van der Waals surface area contributed by atoms with Crippen molar-refractivity contribution in [2.24, 2.45) is 5.73 Å². The van der Waals surface area contributed by atoms with Gasteiger partial charge in [0.05, 0.1) is 42.3 Å². The predicted octanol–water partition coefficient (Wildman–Crippen LogP) is 1.80. The Balaban J connectivity index is 0.00000280. The minimum absolute atomic E-state index is 0. The third-order valence-corrected chi connectivity index (χ3v) is 4.04. The van der Waals surface area contributed by atoms with Gasteiger partial charge in [0.25, 0.3) is 0 Å². The molecule has 11 heteroatoms. The van der Waals surface area contributed by atoms with E-state index in [1.54, 1.807) is 12.3 Å². The van der Waals surface area contributed by atoms with Gasteiger partial charge in [-0.25, -0.2) is 19.7 Å². The van der Waals surface area contributed by atoms with Gasteiger partial charge in [0.2, 0.25) is 5.95 Å². The number of methoxy groups -OCH3 is 1. The fourth-order valence-corrected chi connectivity index (χ4v) is 2.80. The second-order valence-corrected chi connectivity index (χ2v) is 5.82. The molecule has 0 atom stereocenters. The quantitative estimate of drug-likeness (QED) is 0.679. The summed E-state index contributed by atoms with van der Waals surface area (Å²) in [7, 11) is 1.35. The zero-order valence-electron chi connectivity index (χ0n) is 15.3. The molecule has 10 nitrogen and oxygen atoms in total. The normalized spacial score (nSPS) is 12.2. The molecule has 1 aliphatic heterocycles. The third-order valence-electron chi connectivity index (χ3n) is 4.04. The lowest BCUT2D eigenvalue weighted by atomic mass is 10.1. The highest BCUT2D eigenvalue weighted by atomic mass is 35.5. The van der Waals surface area contributed by atoms with Crippen LogP contribution in [0.5, 0.6) is 0 Å². The van der Waals surface area contributed by atoms with Crippen molar-refractivity contribution in [2.75, 3.05) is 42.3 Å². The van der Waals surface area contributed by atoms with E-state index in [0.29, 0.717) is 42.6 Å². The molecule has 0 aromatic carbocycles. The van der Waals surface area contributed by atoms with Gasteiger partial charge in [-0.05, 0) is 18.9 Å². The van der Waals surface area contributed by atoms with Crippen LogP contribution in [0.4, 0.5) is 27.8 Å². The molecule has 1 aliphatic rings. The van der Waals surface area contributed by atoms with Gasteiger partial charge < -0.3 is 21.1 Å². The van der Waals surface area contributed by atoms with Gasteiger partial charge in [0, 0.05) is 19.6 Å². The molecule has 0 fully saturated rings. The zero-order chi connectivity index (χ0) is 19.2. The van der Waals surface area contributed by atoms with E-state index in [9.17, 15) is 4.79 Å². The Morgan fingerprint density at radius 3 is 2.96 bits per heavy atom. The Morgan fingerprint density at radius 2 is 2.25 bits per heavy atom. The Hall–Kier alpha value is -3.16. The molecule has 2 aromatic heterocycles. The van der Waals surface area contributed by atoms with Crippen LogP contribution in [0.3, 0.4) is 0 Å². The van der Waals surface area contributed by atoms with Crippen LogP contribution in [0, 0.1) is 11.3 Å². The number of amides is 1. The highest BCUT2D eigenvalue weighted by Crippen LogP contribution is 2.27. The number of rotatable bonds is 5. The Kier molecular flexibility index (Phi) is 7.31. The molecule has 28 heavy (non-hydrogen) atoms. The molecule has 4 N–H and O–H groups in total. The fourth-order valence-electron chi connectivity index (χ4n) is 2.80. The van der Waals surface area contributed by atoms with Crippen LogP contribution in [0.25, 0.3) is 0 Å². The number of fused-ring (bicyclic) bond motifs is 1. The highest BCUT2D eigenvalue weighted by molar-refractivity contribution is 5.88. The molecule has 0 saturated heterocycles. The van der Waals surface area contributed by atoms with E-state index in [1.165, 1.54) is 18.2 Å². The Labute approximate surface area is 168 Å². The lowest BCUT2D eigenvalue weighted by Gasteiger charge is -2.27. The smallest absolute Gasteiger partial charge is 0.414 e. The second kappa shape index (κ2) is 9.68. The summed E-state index contributed by atoms with van der Waals surface area (Å²) in [5, 5.41) is 15.3. The molecule has 2 aromatic rings. The summed E-state index contributed by atoms with van der Waals surface area (Å²) in [5.41, 5.74) is 8.43. The first kappa shape index (κ1) is 21.1. The number of hydrogen-bond donors (Lipinski definition) is 3. The number of nitriles is 1. The van der Waals surface area contributed by atoms with Crippen molar-refractivity contribution < 1.29 is 9.53 Å². The van der Waals surface area contributed by atoms with E-state index in [2.05, 4.69) is 25.6 Å². The molecule has 0 bridgehead atoms. The number of aryl methyl sites for hydroxylation is 1. The van der Waals surface area contributed by atoms with Crippen molar-refractivity contribution in [3.05, 3.63) is 29.8 Å². The van der Waals surface area contributed by atoms with Crippen LogP contribution in [-0.2, 0) is 11.2 Å². The van der Waals surface area contributed by atoms with E-state index >= 15 is 0 Å². The zero-order valence-corrected chi connectivity index (χ0v) is 16.1. The molecular formula is C17H21ClN8O2. The van der Waals surface area contributed by atoms with Gasteiger partial charge in [-0.3, -0.25) is 4.90 Å². The number of nitrogens with two attached hydrogens (primary N) is 1. The van der Waals surface area contributed by atoms with Gasteiger partial charge in [-0.2, -0.15) is 5.26 Å². The van der Waals surface area contributed by atoms with Crippen molar-refractivity contribution in [1.29, 1.82) is 5.26 Å². The molecular weight excluding hydrogens is 384 g/mol. The molecule has 0 aliphatic carbocycles. The van der Waals surface area contributed by atoms with Crippen molar-refractivity contribution >= 4 is 41.5 Å². The van der Waals surface area contributed by atoms with Crippen molar-refractivity contribution in [2.45, 2.75) is 12.8 Å². The van der Waals surface area contributed by atoms with Gasteiger partial charge in [0.1, 0.15) is 6.07 Å². The summed E-state index contributed by atoms with van der Waals surface area (Å²) < 4.78 is 4.80. The average molecular weight is 405 g/mol. The minimum atomic E-state index is -0.424. The van der Waals surface area contributed by atoms with Gasteiger partial charge >= 0.3 is 6.09 Å². The van der Waals surface area contributed by atoms with Gasteiger partial charge in [0.15, 0.2) is 5.69 Å². The molecule has 0 unspecified atom stereocenters. The number of carbonyl (C=O) groups excluding carboxylic acids is 1. The summed E-state index contributed by atoms with van der Waals surface area (Å²) in [5.74, 6) is 0.386. The monoisotopic (exact) mass is 404 g/mol. The first-order valence-electron chi connectivity index (χ1n) is 8.48. The SMILES string of the molecule is COC(=O)N1CCCc2nc(Nc3cnc(C#N)c(NCCN)c3)ncc21.Cl. The number of carbonyl (C=O) groups is 1.